The van der Waals surface area contributed by atoms with Crippen LogP contribution in [0.1, 0.15) is 30.7 Å². The summed E-state index contributed by atoms with van der Waals surface area (Å²) in [4.78, 5) is 7.94. The van der Waals surface area contributed by atoms with E-state index in [4.69, 9.17) is 0 Å². The third-order valence-electron chi connectivity index (χ3n) is 3.13. The molecule has 2 rings (SSSR count). The van der Waals surface area contributed by atoms with Gasteiger partial charge < -0.3 is 0 Å². The molecule has 0 saturated heterocycles. The number of rotatable bonds is 2. The lowest BCUT2D eigenvalue weighted by Crippen LogP contribution is -2.21. The van der Waals surface area contributed by atoms with E-state index in [0.29, 0.717) is 11.3 Å². The van der Waals surface area contributed by atoms with Gasteiger partial charge in [0.15, 0.2) is 0 Å². The highest BCUT2D eigenvalue weighted by Gasteiger charge is 2.32. The third kappa shape index (κ3) is 2.75. The van der Waals surface area contributed by atoms with Crippen molar-refractivity contribution in [3.8, 4) is 0 Å². The van der Waals surface area contributed by atoms with Crippen molar-refractivity contribution in [2.24, 2.45) is 0 Å². The third-order valence-corrected chi connectivity index (χ3v) is 3.13. The lowest BCUT2D eigenvalue weighted by molar-refractivity contribution is -0.137. The Hall–Kier alpha value is -1.91. The first kappa shape index (κ1) is 13.5. The minimum absolute atomic E-state index is 0.570. The molecule has 2 aromatic rings. The molecule has 0 spiro atoms. The normalized spacial score (nSPS) is 12.5. The van der Waals surface area contributed by atoms with Crippen LogP contribution in [0.2, 0.25) is 0 Å². The molecule has 2 nitrogen and oxygen atoms in total. The van der Waals surface area contributed by atoms with Crippen molar-refractivity contribution in [2.75, 3.05) is 0 Å². The zero-order valence-corrected chi connectivity index (χ0v) is 10.6. The Bertz CT molecular complexity index is 562. The first-order chi connectivity index (χ1) is 8.82. The van der Waals surface area contributed by atoms with Gasteiger partial charge in [0, 0.05) is 11.6 Å². The number of hydrogen-bond acceptors (Lipinski definition) is 2. The molecule has 0 fully saturated rings. The minimum atomic E-state index is -4.34. The second kappa shape index (κ2) is 4.64. The smallest absolute Gasteiger partial charge is 0.245 e. The Morgan fingerprint density at radius 1 is 1.00 bits per heavy atom. The van der Waals surface area contributed by atoms with E-state index in [2.05, 4.69) is 9.97 Å². The van der Waals surface area contributed by atoms with Gasteiger partial charge in [-0.05, 0) is 17.7 Å². The Labute approximate surface area is 109 Å². The van der Waals surface area contributed by atoms with Crippen molar-refractivity contribution in [1.29, 1.82) is 0 Å². The van der Waals surface area contributed by atoms with Crippen LogP contribution in [-0.2, 0) is 11.6 Å². The van der Waals surface area contributed by atoms with E-state index < -0.39 is 17.2 Å². The first-order valence-corrected chi connectivity index (χ1v) is 5.76. The zero-order chi connectivity index (χ0) is 14.1. The van der Waals surface area contributed by atoms with Crippen molar-refractivity contribution in [1.82, 2.24) is 9.97 Å². The molecule has 19 heavy (non-hydrogen) atoms. The summed E-state index contributed by atoms with van der Waals surface area (Å²) in [5, 5.41) is 0. The molecule has 1 heterocycles. The number of halogens is 3. The second-order valence-electron chi connectivity index (χ2n) is 4.80. The van der Waals surface area contributed by atoms with E-state index in [9.17, 15) is 13.2 Å². The summed E-state index contributed by atoms with van der Waals surface area (Å²) < 4.78 is 38.2. The number of alkyl halides is 3. The molecule has 1 aromatic carbocycles. The van der Waals surface area contributed by atoms with Crippen LogP contribution in [-0.4, -0.2) is 9.97 Å². The number of benzene rings is 1. The van der Waals surface area contributed by atoms with Crippen molar-refractivity contribution >= 4 is 0 Å². The topological polar surface area (TPSA) is 25.8 Å². The molecule has 5 heteroatoms. The molecule has 1 aromatic heterocycles. The van der Waals surface area contributed by atoms with Crippen LogP contribution in [0.15, 0.2) is 42.9 Å². The molecule has 0 saturated carbocycles. The van der Waals surface area contributed by atoms with Gasteiger partial charge in [-0.2, -0.15) is 13.2 Å². The summed E-state index contributed by atoms with van der Waals surface area (Å²) in [6, 6.07) is 7.04. The van der Waals surface area contributed by atoms with Gasteiger partial charge in [-0.3, -0.25) is 0 Å². The van der Waals surface area contributed by atoms with Gasteiger partial charge in [-0.15, -0.1) is 0 Å². The molecule has 0 aliphatic carbocycles. The maximum absolute atomic E-state index is 12.7. The summed E-state index contributed by atoms with van der Waals surface area (Å²) in [5.74, 6) is 0. The summed E-state index contributed by atoms with van der Waals surface area (Å²) in [7, 11) is 0. The molecule has 0 aliphatic rings. The summed E-state index contributed by atoms with van der Waals surface area (Å²) >= 11 is 0. The fraction of sp³-hybridized carbons (Fsp3) is 0.286. The first-order valence-electron chi connectivity index (χ1n) is 5.76. The van der Waals surface area contributed by atoms with E-state index in [1.165, 1.54) is 18.5 Å². The van der Waals surface area contributed by atoms with Crippen LogP contribution in [0.3, 0.4) is 0 Å². The van der Waals surface area contributed by atoms with Gasteiger partial charge in [-0.1, -0.05) is 32.0 Å². The van der Waals surface area contributed by atoms with Gasteiger partial charge >= 0.3 is 6.18 Å². The molecular formula is C14H13F3N2. The number of hydrogen-bond donors (Lipinski definition) is 0. The van der Waals surface area contributed by atoms with Crippen LogP contribution in [0.5, 0.6) is 0 Å². The molecule has 0 N–H and O–H groups in total. The Morgan fingerprint density at radius 3 is 2.26 bits per heavy atom. The highest BCUT2D eigenvalue weighted by atomic mass is 19.4. The average Bonchev–Trinajstić information content (AvgIpc) is 2.39. The van der Waals surface area contributed by atoms with Crippen LogP contribution in [0.4, 0.5) is 13.2 Å². The van der Waals surface area contributed by atoms with E-state index in [-0.39, 0.29) is 0 Å². The maximum Gasteiger partial charge on any atom is 0.416 e. The van der Waals surface area contributed by atoms with Crippen molar-refractivity contribution < 1.29 is 13.2 Å². The molecule has 100 valence electrons. The van der Waals surface area contributed by atoms with E-state index >= 15 is 0 Å². The van der Waals surface area contributed by atoms with Crippen molar-refractivity contribution in [3.63, 3.8) is 0 Å². The second-order valence-corrected chi connectivity index (χ2v) is 4.80. The summed E-state index contributed by atoms with van der Waals surface area (Å²) in [5.41, 5.74) is -0.000481. The Morgan fingerprint density at radius 2 is 1.68 bits per heavy atom. The number of nitrogens with zero attached hydrogens (tertiary/aromatic N) is 2. The van der Waals surface area contributed by atoms with Gasteiger partial charge in [0.25, 0.3) is 0 Å². The van der Waals surface area contributed by atoms with E-state index in [0.717, 1.165) is 6.07 Å². The quantitative estimate of drug-likeness (QED) is 0.825. The monoisotopic (exact) mass is 266 g/mol. The molecule has 0 atom stereocenters. The highest BCUT2D eigenvalue weighted by Crippen LogP contribution is 2.35. The average molecular weight is 266 g/mol. The summed E-state index contributed by atoms with van der Waals surface area (Å²) in [6.07, 6.45) is -1.36. The molecular weight excluding hydrogens is 253 g/mol. The fourth-order valence-corrected chi connectivity index (χ4v) is 1.89. The van der Waals surface area contributed by atoms with Gasteiger partial charge in [0.1, 0.15) is 6.33 Å². The van der Waals surface area contributed by atoms with Crippen LogP contribution < -0.4 is 0 Å². The Balaban J connectivity index is 2.47. The SMILES string of the molecule is CC(C)(c1cccc(C(F)(F)F)c1)c1ccncn1. The van der Waals surface area contributed by atoms with Crippen LogP contribution in [0.25, 0.3) is 0 Å². The van der Waals surface area contributed by atoms with Gasteiger partial charge in [0.2, 0.25) is 0 Å². The number of aromatic nitrogens is 2. The molecule has 0 radical (unpaired) electrons. The largest absolute Gasteiger partial charge is 0.416 e. The predicted octanol–water partition coefficient (Wildman–Crippen LogP) is 3.82. The maximum atomic E-state index is 12.7. The highest BCUT2D eigenvalue weighted by molar-refractivity contribution is 5.36. The van der Waals surface area contributed by atoms with Crippen LogP contribution >= 0.6 is 0 Å². The van der Waals surface area contributed by atoms with E-state index in [1.807, 2.05) is 13.8 Å². The lowest BCUT2D eigenvalue weighted by atomic mass is 9.81. The zero-order valence-electron chi connectivity index (χ0n) is 10.6. The van der Waals surface area contributed by atoms with E-state index in [1.54, 1.807) is 18.3 Å². The van der Waals surface area contributed by atoms with Crippen molar-refractivity contribution in [3.05, 3.63) is 59.7 Å². The molecule has 0 amide bonds. The standard InChI is InChI=1S/C14H13F3N2/c1-13(2,12-6-7-18-9-19-12)10-4-3-5-11(8-10)14(15,16)17/h3-9H,1-2H3. The van der Waals surface area contributed by atoms with Gasteiger partial charge in [0.05, 0.1) is 11.3 Å². The molecule has 0 unspecified atom stereocenters. The predicted molar refractivity (Wildman–Crippen MR) is 65.6 cm³/mol. The van der Waals surface area contributed by atoms with Crippen LogP contribution in [0, 0.1) is 0 Å². The lowest BCUT2D eigenvalue weighted by Gasteiger charge is -2.25. The molecule has 0 aliphatic heterocycles. The molecule has 0 bridgehead atoms. The fourth-order valence-electron chi connectivity index (χ4n) is 1.89. The van der Waals surface area contributed by atoms with Crippen molar-refractivity contribution in [2.45, 2.75) is 25.4 Å². The van der Waals surface area contributed by atoms with Gasteiger partial charge in [-0.25, -0.2) is 9.97 Å². The summed E-state index contributed by atoms with van der Waals surface area (Å²) in [6.45, 7) is 3.68. The Kier molecular flexibility index (Phi) is 3.30. The minimum Gasteiger partial charge on any atom is -0.245 e.